The molecule has 27 heavy (non-hydrogen) atoms. The van der Waals surface area contributed by atoms with Crippen LogP contribution in [-0.2, 0) is 21.2 Å². The Hall–Kier alpha value is -2.74. The second-order valence-corrected chi connectivity index (χ2v) is 7.89. The molecule has 1 aliphatic heterocycles. The van der Waals surface area contributed by atoms with E-state index in [0.717, 1.165) is 6.42 Å². The number of hydrogen-bond acceptors (Lipinski definition) is 4. The van der Waals surface area contributed by atoms with Crippen molar-refractivity contribution >= 4 is 27.5 Å². The van der Waals surface area contributed by atoms with E-state index in [4.69, 9.17) is 0 Å². The molecule has 0 bridgehead atoms. The van der Waals surface area contributed by atoms with E-state index in [-0.39, 0.29) is 29.5 Å². The highest BCUT2D eigenvalue weighted by atomic mass is 32.2. The number of nitrogens with one attached hydrogen (secondary N) is 2. The standard InChI is InChI=1S/C19H20FN3O3S/c20-17-8-2-1-5-14(17)10-11-19(24)22-15-6-3-7-16(13-15)27(25,26)23-18-9-4-12-21-18/h1-3,5-8,13H,4,9-12H2,(H,21,23)(H,22,24). The van der Waals surface area contributed by atoms with Gasteiger partial charge >= 0.3 is 0 Å². The molecule has 2 aromatic rings. The van der Waals surface area contributed by atoms with E-state index in [1.54, 1.807) is 30.3 Å². The van der Waals surface area contributed by atoms with Gasteiger partial charge in [-0.05, 0) is 42.7 Å². The van der Waals surface area contributed by atoms with E-state index >= 15 is 0 Å². The molecule has 0 fully saturated rings. The van der Waals surface area contributed by atoms with Gasteiger partial charge in [-0.25, -0.2) is 12.8 Å². The summed E-state index contributed by atoms with van der Waals surface area (Å²) in [6.45, 7) is 0.621. The summed E-state index contributed by atoms with van der Waals surface area (Å²) in [6, 6.07) is 12.3. The van der Waals surface area contributed by atoms with Crippen molar-refractivity contribution in [3.05, 3.63) is 59.9 Å². The maximum Gasteiger partial charge on any atom is 0.262 e. The normalized spacial score (nSPS) is 13.9. The first-order valence-electron chi connectivity index (χ1n) is 8.63. The Morgan fingerprint density at radius 3 is 2.70 bits per heavy atom. The summed E-state index contributed by atoms with van der Waals surface area (Å²) in [7, 11) is -3.74. The zero-order valence-electron chi connectivity index (χ0n) is 14.6. The van der Waals surface area contributed by atoms with Crippen LogP contribution in [0.1, 0.15) is 24.8 Å². The Kier molecular flexibility index (Phi) is 5.85. The first kappa shape index (κ1) is 19.0. The number of aryl methyl sites for hydroxylation is 1. The van der Waals surface area contributed by atoms with Crippen LogP contribution in [0.2, 0.25) is 0 Å². The van der Waals surface area contributed by atoms with Gasteiger partial charge in [-0.15, -0.1) is 0 Å². The summed E-state index contributed by atoms with van der Waals surface area (Å²) >= 11 is 0. The Morgan fingerprint density at radius 1 is 1.15 bits per heavy atom. The molecule has 0 aliphatic carbocycles. The fourth-order valence-corrected chi connectivity index (χ4v) is 3.89. The van der Waals surface area contributed by atoms with Crippen LogP contribution in [-0.4, -0.2) is 26.7 Å². The number of aliphatic imine (C=N–C) groups is 1. The molecule has 142 valence electrons. The fraction of sp³-hybridized carbons (Fsp3) is 0.263. The lowest BCUT2D eigenvalue weighted by Crippen LogP contribution is -2.29. The maximum atomic E-state index is 13.6. The second kappa shape index (κ2) is 8.30. The number of carbonyl (C=O) groups excluding carboxylic acids is 1. The van der Waals surface area contributed by atoms with Crippen molar-refractivity contribution in [3.63, 3.8) is 0 Å². The SMILES string of the molecule is O=C(CCc1ccccc1F)Nc1cccc(S(=O)(=O)NC2=NCCC2)c1. The summed E-state index contributed by atoms with van der Waals surface area (Å²) in [4.78, 5) is 16.3. The van der Waals surface area contributed by atoms with Gasteiger partial charge in [0.25, 0.3) is 10.0 Å². The van der Waals surface area contributed by atoms with Crippen molar-refractivity contribution in [1.82, 2.24) is 4.72 Å². The van der Waals surface area contributed by atoms with E-state index in [2.05, 4.69) is 15.0 Å². The molecule has 3 rings (SSSR count). The first-order valence-corrected chi connectivity index (χ1v) is 10.1. The number of carbonyl (C=O) groups is 1. The van der Waals surface area contributed by atoms with Crippen LogP contribution >= 0.6 is 0 Å². The third kappa shape index (κ3) is 5.13. The monoisotopic (exact) mass is 389 g/mol. The summed E-state index contributed by atoms with van der Waals surface area (Å²) in [6.07, 6.45) is 1.78. The summed E-state index contributed by atoms with van der Waals surface area (Å²) in [5.41, 5.74) is 0.829. The number of rotatable bonds is 6. The molecular weight excluding hydrogens is 369 g/mol. The average Bonchev–Trinajstić information content (AvgIpc) is 3.13. The van der Waals surface area contributed by atoms with E-state index in [1.807, 2.05) is 0 Å². The molecule has 1 aliphatic rings. The minimum Gasteiger partial charge on any atom is -0.326 e. The van der Waals surface area contributed by atoms with Crippen LogP contribution in [0.3, 0.4) is 0 Å². The van der Waals surface area contributed by atoms with Gasteiger partial charge in [0.1, 0.15) is 11.7 Å². The number of hydrogen-bond donors (Lipinski definition) is 2. The summed E-state index contributed by atoms with van der Waals surface area (Å²) in [5.74, 6) is -0.213. The van der Waals surface area contributed by atoms with Gasteiger partial charge in [0.2, 0.25) is 5.91 Å². The second-order valence-electron chi connectivity index (χ2n) is 6.20. The predicted molar refractivity (Wildman–Crippen MR) is 102 cm³/mol. The third-order valence-electron chi connectivity index (χ3n) is 4.13. The number of halogens is 1. The third-order valence-corrected chi connectivity index (χ3v) is 5.51. The molecule has 0 atom stereocenters. The Balaban J connectivity index is 1.63. The summed E-state index contributed by atoms with van der Waals surface area (Å²) < 4.78 is 40.9. The maximum absolute atomic E-state index is 13.6. The van der Waals surface area contributed by atoms with E-state index in [0.29, 0.717) is 30.1 Å². The van der Waals surface area contributed by atoms with Crippen molar-refractivity contribution in [2.24, 2.45) is 4.99 Å². The van der Waals surface area contributed by atoms with Crippen LogP contribution in [0.25, 0.3) is 0 Å². The molecule has 0 spiro atoms. The number of sulfonamides is 1. The van der Waals surface area contributed by atoms with Crippen molar-refractivity contribution < 1.29 is 17.6 Å². The minimum atomic E-state index is -3.74. The number of nitrogens with zero attached hydrogens (tertiary/aromatic N) is 1. The Bertz CT molecular complexity index is 974. The number of anilines is 1. The topological polar surface area (TPSA) is 87.6 Å². The van der Waals surface area contributed by atoms with Gasteiger partial charge in [0.05, 0.1) is 4.90 Å². The average molecular weight is 389 g/mol. The first-order chi connectivity index (χ1) is 12.9. The molecule has 1 amide bonds. The van der Waals surface area contributed by atoms with Crippen LogP contribution in [0.15, 0.2) is 58.4 Å². The quantitative estimate of drug-likeness (QED) is 0.796. The highest BCUT2D eigenvalue weighted by Crippen LogP contribution is 2.17. The Morgan fingerprint density at radius 2 is 1.96 bits per heavy atom. The van der Waals surface area contributed by atoms with Crippen molar-refractivity contribution in [2.45, 2.75) is 30.6 Å². The molecule has 1 heterocycles. The minimum absolute atomic E-state index is 0.0454. The lowest BCUT2D eigenvalue weighted by atomic mass is 10.1. The van der Waals surface area contributed by atoms with Gasteiger partial charge in [-0.3, -0.25) is 14.5 Å². The van der Waals surface area contributed by atoms with Gasteiger partial charge in [-0.2, -0.15) is 0 Å². The molecule has 2 N–H and O–H groups in total. The molecule has 0 unspecified atom stereocenters. The summed E-state index contributed by atoms with van der Waals surface area (Å²) in [5, 5.41) is 2.65. The lowest BCUT2D eigenvalue weighted by Gasteiger charge is -2.10. The van der Waals surface area contributed by atoms with E-state index in [1.165, 1.54) is 18.2 Å². The molecule has 0 saturated carbocycles. The van der Waals surface area contributed by atoms with Crippen LogP contribution in [0.5, 0.6) is 0 Å². The van der Waals surface area contributed by atoms with Crippen LogP contribution in [0.4, 0.5) is 10.1 Å². The molecule has 0 aromatic heterocycles. The van der Waals surface area contributed by atoms with Crippen molar-refractivity contribution in [3.8, 4) is 0 Å². The fourth-order valence-electron chi connectivity index (χ4n) is 2.75. The molecule has 8 heteroatoms. The molecular formula is C19H20FN3O3S. The van der Waals surface area contributed by atoms with Crippen LogP contribution in [0, 0.1) is 5.82 Å². The molecule has 2 aromatic carbocycles. The highest BCUT2D eigenvalue weighted by molar-refractivity contribution is 7.90. The molecule has 0 saturated heterocycles. The zero-order valence-corrected chi connectivity index (χ0v) is 15.4. The number of benzene rings is 2. The van der Waals surface area contributed by atoms with Gasteiger partial charge in [0, 0.05) is 25.1 Å². The van der Waals surface area contributed by atoms with Gasteiger partial charge < -0.3 is 5.32 Å². The highest BCUT2D eigenvalue weighted by Gasteiger charge is 2.18. The van der Waals surface area contributed by atoms with Gasteiger partial charge in [0.15, 0.2) is 0 Å². The predicted octanol–water partition coefficient (Wildman–Crippen LogP) is 2.87. The van der Waals surface area contributed by atoms with Gasteiger partial charge in [-0.1, -0.05) is 24.3 Å². The van der Waals surface area contributed by atoms with Crippen molar-refractivity contribution in [2.75, 3.05) is 11.9 Å². The van der Waals surface area contributed by atoms with E-state index < -0.39 is 10.0 Å². The number of amidine groups is 1. The van der Waals surface area contributed by atoms with Crippen LogP contribution < -0.4 is 10.0 Å². The smallest absolute Gasteiger partial charge is 0.262 e. The number of amides is 1. The molecule has 0 radical (unpaired) electrons. The zero-order chi connectivity index (χ0) is 19.3. The van der Waals surface area contributed by atoms with E-state index in [9.17, 15) is 17.6 Å². The molecule has 6 nitrogen and oxygen atoms in total. The Labute approximate surface area is 157 Å². The van der Waals surface area contributed by atoms with Crippen molar-refractivity contribution in [1.29, 1.82) is 0 Å². The lowest BCUT2D eigenvalue weighted by molar-refractivity contribution is -0.116. The largest absolute Gasteiger partial charge is 0.326 e.